The van der Waals surface area contributed by atoms with Crippen molar-refractivity contribution in [3.05, 3.63) is 30.0 Å². The van der Waals surface area contributed by atoms with Crippen molar-refractivity contribution < 1.29 is 14.3 Å². The van der Waals surface area contributed by atoms with E-state index < -0.39 is 11.9 Å². The van der Waals surface area contributed by atoms with Gasteiger partial charge < -0.3 is 14.4 Å². The Morgan fingerprint density at radius 2 is 1.88 bits per heavy atom. The van der Waals surface area contributed by atoms with E-state index in [2.05, 4.69) is 4.98 Å². The van der Waals surface area contributed by atoms with Gasteiger partial charge in [0.05, 0.1) is 36.4 Å². The number of carbonyl (C=O) groups is 1. The van der Waals surface area contributed by atoms with Gasteiger partial charge in [-0.3, -0.25) is 4.79 Å². The zero-order valence-corrected chi connectivity index (χ0v) is 14.5. The van der Waals surface area contributed by atoms with Crippen LogP contribution in [0, 0.1) is 11.3 Å². The van der Waals surface area contributed by atoms with Gasteiger partial charge in [0, 0.05) is 13.1 Å². The maximum absolute atomic E-state index is 12.1. The summed E-state index contributed by atoms with van der Waals surface area (Å²) in [5.74, 6) is -1.22. The molecule has 1 fully saturated rings. The van der Waals surface area contributed by atoms with E-state index in [1.165, 1.54) is 7.11 Å². The van der Waals surface area contributed by atoms with Crippen LogP contribution in [-0.2, 0) is 14.3 Å². The molecule has 0 amide bonds. The van der Waals surface area contributed by atoms with Crippen molar-refractivity contribution in [2.45, 2.75) is 32.0 Å². The summed E-state index contributed by atoms with van der Waals surface area (Å²) in [6.07, 6.45) is 0.0343. The van der Waals surface area contributed by atoms with Gasteiger partial charge in [-0.05, 0) is 26.0 Å². The number of anilines is 1. The summed E-state index contributed by atoms with van der Waals surface area (Å²) in [4.78, 5) is 23.4. The molecular formula is C18H20N4O3. The molecule has 0 saturated carbocycles. The normalized spacial score (nSPS) is 21.6. The highest BCUT2D eigenvalue weighted by molar-refractivity contribution is 5.85. The van der Waals surface area contributed by atoms with Gasteiger partial charge in [-0.1, -0.05) is 12.1 Å². The topological polar surface area (TPSA) is 88.3 Å². The van der Waals surface area contributed by atoms with E-state index in [1.54, 1.807) is 0 Å². The molecule has 0 N–H and O–H groups in total. The molecule has 0 spiro atoms. The van der Waals surface area contributed by atoms with Crippen LogP contribution >= 0.6 is 0 Å². The Bertz CT molecular complexity index is 823. The molecule has 3 rings (SSSR count). The standard InChI is InChI=1S/C18H20N4O3/c1-11-9-22(10-12(2)25-11)17-16(13(8-19)18(23)24-3)20-14-6-4-5-7-15(14)21-17/h4-7,11-13H,9-10H2,1-3H3/t11-,12-,13+/m0/s1. The molecule has 0 unspecified atom stereocenters. The van der Waals surface area contributed by atoms with Crippen molar-refractivity contribution in [1.29, 1.82) is 5.26 Å². The van der Waals surface area contributed by atoms with Crippen LogP contribution < -0.4 is 4.90 Å². The molecule has 3 atom stereocenters. The Morgan fingerprint density at radius 1 is 1.28 bits per heavy atom. The molecule has 0 aliphatic carbocycles. The Balaban J connectivity index is 2.15. The van der Waals surface area contributed by atoms with Gasteiger partial charge in [0.1, 0.15) is 5.69 Å². The van der Waals surface area contributed by atoms with E-state index in [4.69, 9.17) is 14.5 Å². The third kappa shape index (κ3) is 3.39. The lowest BCUT2D eigenvalue weighted by molar-refractivity contribution is -0.141. The first-order valence-corrected chi connectivity index (χ1v) is 8.18. The number of benzene rings is 1. The minimum Gasteiger partial charge on any atom is -0.468 e. The summed E-state index contributed by atoms with van der Waals surface area (Å²) in [6.45, 7) is 5.20. The fraction of sp³-hybridized carbons (Fsp3) is 0.444. The SMILES string of the molecule is COC(=O)[C@H](C#N)c1nc2ccccc2nc1N1C[C@H](C)O[C@@H](C)C1. The predicted octanol–water partition coefficient (Wildman–Crippen LogP) is 2.02. The van der Waals surface area contributed by atoms with E-state index in [9.17, 15) is 10.1 Å². The zero-order valence-electron chi connectivity index (χ0n) is 14.5. The second kappa shape index (κ2) is 7.03. The summed E-state index contributed by atoms with van der Waals surface area (Å²) in [7, 11) is 1.26. The molecule has 1 aliphatic rings. The molecule has 7 nitrogen and oxygen atoms in total. The van der Waals surface area contributed by atoms with Crippen molar-refractivity contribution >= 4 is 22.8 Å². The molecule has 7 heteroatoms. The minimum atomic E-state index is -1.12. The van der Waals surface area contributed by atoms with Gasteiger partial charge in [0.25, 0.3) is 0 Å². The van der Waals surface area contributed by atoms with Crippen LogP contribution in [0.2, 0.25) is 0 Å². The Hall–Kier alpha value is -2.72. The highest BCUT2D eigenvalue weighted by Gasteiger charge is 2.32. The first-order chi connectivity index (χ1) is 12.0. The highest BCUT2D eigenvalue weighted by atomic mass is 16.5. The third-order valence-corrected chi connectivity index (χ3v) is 4.14. The number of aromatic nitrogens is 2. The zero-order chi connectivity index (χ0) is 18.0. The number of nitrogens with zero attached hydrogens (tertiary/aromatic N) is 4. The number of hydrogen-bond acceptors (Lipinski definition) is 7. The summed E-state index contributed by atoms with van der Waals surface area (Å²) >= 11 is 0. The number of rotatable bonds is 3. The summed E-state index contributed by atoms with van der Waals surface area (Å²) in [5.41, 5.74) is 1.68. The van der Waals surface area contributed by atoms with Crippen LogP contribution in [0.25, 0.3) is 11.0 Å². The first kappa shape index (κ1) is 17.1. The fourth-order valence-corrected chi connectivity index (χ4v) is 3.12. The number of ether oxygens (including phenoxy) is 2. The summed E-state index contributed by atoms with van der Waals surface area (Å²) in [5, 5.41) is 9.52. The van der Waals surface area contributed by atoms with Crippen LogP contribution in [-0.4, -0.2) is 48.3 Å². The lowest BCUT2D eigenvalue weighted by Crippen LogP contribution is -2.46. The maximum Gasteiger partial charge on any atom is 0.329 e. The molecule has 2 heterocycles. The highest BCUT2D eigenvalue weighted by Crippen LogP contribution is 2.29. The predicted molar refractivity (Wildman–Crippen MR) is 92.1 cm³/mol. The Kier molecular flexibility index (Phi) is 4.81. The molecule has 0 radical (unpaired) electrons. The Morgan fingerprint density at radius 3 is 2.44 bits per heavy atom. The molecular weight excluding hydrogens is 320 g/mol. The lowest BCUT2D eigenvalue weighted by atomic mass is 10.1. The molecule has 1 aromatic carbocycles. The number of carbonyl (C=O) groups excluding carboxylic acids is 1. The van der Waals surface area contributed by atoms with Gasteiger partial charge in [0.2, 0.25) is 0 Å². The second-order valence-electron chi connectivity index (χ2n) is 6.17. The van der Waals surface area contributed by atoms with Crippen LogP contribution in [0.1, 0.15) is 25.5 Å². The van der Waals surface area contributed by atoms with E-state index in [0.717, 1.165) is 5.52 Å². The molecule has 1 saturated heterocycles. The molecule has 1 aromatic heterocycles. The quantitative estimate of drug-likeness (QED) is 0.790. The van der Waals surface area contributed by atoms with Crippen molar-refractivity contribution in [1.82, 2.24) is 9.97 Å². The number of methoxy groups -OCH3 is 1. The van der Waals surface area contributed by atoms with E-state index in [1.807, 2.05) is 49.1 Å². The van der Waals surface area contributed by atoms with Crippen molar-refractivity contribution in [2.75, 3.05) is 25.1 Å². The van der Waals surface area contributed by atoms with E-state index in [-0.39, 0.29) is 12.2 Å². The number of fused-ring (bicyclic) bond motifs is 1. The third-order valence-electron chi connectivity index (χ3n) is 4.14. The Labute approximate surface area is 146 Å². The van der Waals surface area contributed by atoms with Crippen molar-refractivity contribution in [3.63, 3.8) is 0 Å². The summed E-state index contributed by atoms with van der Waals surface area (Å²) in [6, 6.07) is 9.40. The van der Waals surface area contributed by atoms with E-state index >= 15 is 0 Å². The van der Waals surface area contributed by atoms with Gasteiger partial charge in [0.15, 0.2) is 11.7 Å². The average Bonchev–Trinajstić information content (AvgIpc) is 2.60. The molecule has 2 aromatic rings. The fourth-order valence-electron chi connectivity index (χ4n) is 3.12. The van der Waals surface area contributed by atoms with Gasteiger partial charge in [-0.25, -0.2) is 9.97 Å². The second-order valence-corrected chi connectivity index (χ2v) is 6.17. The van der Waals surface area contributed by atoms with Crippen LogP contribution in [0.4, 0.5) is 5.82 Å². The van der Waals surface area contributed by atoms with Crippen LogP contribution in [0.5, 0.6) is 0 Å². The molecule has 25 heavy (non-hydrogen) atoms. The largest absolute Gasteiger partial charge is 0.468 e. The van der Waals surface area contributed by atoms with Gasteiger partial charge in [-0.15, -0.1) is 0 Å². The lowest BCUT2D eigenvalue weighted by Gasteiger charge is -2.37. The maximum atomic E-state index is 12.1. The number of morpholine rings is 1. The minimum absolute atomic E-state index is 0.0172. The van der Waals surface area contributed by atoms with Gasteiger partial charge in [-0.2, -0.15) is 5.26 Å². The molecule has 130 valence electrons. The average molecular weight is 340 g/mol. The van der Waals surface area contributed by atoms with Gasteiger partial charge >= 0.3 is 5.97 Å². The smallest absolute Gasteiger partial charge is 0.329 e. The van der Waals surface area contributed by atoms with Crippen molar-refractivity contribution in [2.24, 2.45) is 0 Å². The number of esters is 1. The van der Waals surface area contributed by atoms with E-state index in [0.29, 0.717) is 30.1 Å². The monoisotopic (exact) mass is 340 g/mol. The first-order valence-electron chi connectivity index (χ1n) is 8.18. The van der Waals surface area contributed by atoms with Crippen LogP contribution in [0.15, 0.2) is 24.3 Å². The van der Waals surface area contributed by atoms with Crippen LogP contribution in [0.3, 0.4) is 0 Å². The number of para-hydroxylation sites is 2. The molecule has 0 bridgehead atoms. The molecule has 1 aliphatic heterocycles. The number of hydrogen-bond donors (Lipinski definition) is 0. The number of nitriles is 1. The van der Waals surface area contributed by atoms with Crippen molar-refractivity contribution in [3.8, 4) is 6.07 Å². The summed E-state index contributed by atoms with van der Waals surface area (Å²) < 4.78 is 10.6.